The minimum absolute atomic E-state index is 0.249. The van der Waals surface area contributed by atoms with Crippen molar-refractivity contribution >= 4 is 11.9 Å². The molecule has 0 aliphatic carbocycles. The molecule has 3 rings (SSSR count). The van der Waals surface area contributed by atoms with Gasteiger partial charge in [-0.1, -0.05) is 30.3 Å². The van der Waals surface area contributed by atoms with Crippen molar-refractivity contribution in [2.24, 2.45) is 4.99 Å². The van der Waals surface area contributed by atoms with Crippen molar-refractivity contribution in [1.29, 1.82) is 0 Å². The highest BCUT2D eigenvalue weighted by atomic mass is 16.5. The second-order valence-corrected chi connectivity index (χ2v) is 7.95. The van der Waals surface area contributed by atoms with E-state index in [1.165, 1.54) is 16.7 Å². The number of likely N-dealkylation sites (N-methyl/N-ethyl adjacent to an activating group) is 1. The van der Waals surface area contributed by atoms with Crippen LogP contribution in [-0.2, 0) is 24.3 Å². The van der Waals surface area contributed by atoms with Gasteiger partial charge in [0.05, 0.1) is 14.2 Å². The smallest absolute Gasteiger partial charge is 0.222 e. The zero-order valence-corrected chi connectivity index (χ0v) is 19.6. The van der Waals surface area contributed by atoms with E-state index in [0.29, 0.717) is 19.5 Å². The number of hydrogen-bond acceptors (Lipinski definition) is 4. The Hall–Kier alpha value is -3.22. The number of nitrogens with zero attached hydrogens (tertiary/aromatic N) is 3. The normalized spacial score (nSPS) is 13.9. The standard InChI is InChI=1S/C25H34N4O3/c1-26-25(28(2)15-13-19-11-12-22(31-3)23(16-19)32-4)27-17-20-8-5-6-9-21(20)18-29-14-7-10-24(29)30/h5-6,8-9,11-12,16H,7,10,13-15,17-18H2,1-4H3,(H,26,27). The van der Waals surface area contributed by atoms with Crippen LogP contribution in [0.3, 0.4) is 0 Å². The first-order valence-corrected chi connectivity index (χ1v) is 11.0. The maximum atomic E-state index is 12.0. The number of nitrogens with one attached hydrogen (secondary N) is 1. The van der Waals surface area contributed by atoms with Gasteiger partial charge in [-0.15, -0.1) is 0 Å². The van der Waals surface area contributed by atoms with Crippen LogP contribution < -0.4 is 14.8 Å². The summed E-state index contributed by atoms with van der Waals surface area (Å²) in [6.45, 7) is 2.98. The van der Waals surface area contributed by atoms with E-state index >= 15 is 0 Å². The minimum atomic E-state index is 0.249. The highest BCUT2D eigenvalue weighted by Crippen LogP contribution is 2.27. The molecule has 1 heterocycles. The molecule has 32 heavy (non-hydrogen) atoms. The van der Waals surface area contributed by atoms with E-state index in [2.05, 4.69) is 33.4 Å². The summed E-state index contributed by atoms with van der Waals surface area (Å²) in [6, 6.07) is 14.3. The van der Waals surface area contributed by atoms with E-state index in [1.807, 2.05) is 36.2 Å². The number of likely N-dealkylation sites (tertiary alicyclic amines) is 1. The molecule has 1 aliphatic heterocycles. The summed E-state index contributed by atoms with van der Waals surface area (Å²) in [5.74, 6) is 2.55. The molecule has 1 aliphatic rings. The van der Waals surface area contributed by atoms with Crippen molar-refractivity contribution in [3.63, 3.8) is 0 Å². The lowest BCUT2D eigenvalue weighted by atomic mass is 10.1. The summed E-state index contributed by atoms with van der Waals surface area (Å²) < 4.78 is 10.7. The molecule has 1 N–H and O–H groups in total. The van der Waals surface area contributed by atoms with Gasteiger partial charge in [-0.2, -0.15) is 0 Å². The largest absolute Gasteiger partial charge is 0.493 e. The third-order valence-corrected chi connectivity index (χ3v) is 5.85. The summed E-state index contributed by atoms with van der Waals surface area (Å²) in [6.07, 6.45) is 2.47. The van der Waals surface area contributed by atoms with Gasteiger partial charge in [0.2, 0.25) is 5.91 Å². The Kier molecular flexibility index (Phi) is 8.36. The van der Waals surface area contributed by atoms with E-state index in [4.69, 9.17) is 9.47 Å². The molecule has 0 spiro atoms. The minimum Gasteiger partial charge on any atom is -0.493 e. The molecule has 1 amide bonds. The Morgan fingerprint density at radius 3 is 2.53 bits per heavy atom. The van der Waals surface area contributed by atoms with Gasteiger partial charge in [0, 0.05) is 46.7 Å². The molecule has 1 fully saturated rings. The van der Waals surface area contributed by atoms with Gasteiger partial charge in [-0.3, -0.25) is 9.79 Å². The van der Waals surface area contributed by atoms with Gasteiger partial charge >= 0.3 is 0 Å². The van der Waals surface area contributed by atoms with E-state index in [1.54, 1.807) is 21.3 Å². The van der Waals surface area contributed by atoms with Gasteiger partial charge in [0.25, 0.3) is 0 Å². The number of amides is 1. The van der Waals surface area contributed by atoms with E-state index < -0.39 is 0 Å². The van der Waals surface area contributed by atoms with Crippen LogP contribution in [0.4, 0.5) is 0 Å². The van der Waals surface area contributed by atoms with Gasteiger partial charge in [-0.25, -0.2) is 0 Å². The first kappa shape index (κ1) is 23.4. The molecule has 172 valence electrons. The van der Waals surface area contributed by atoms with Crippen LogP contribution in [0, 0.1) is 0 Å². The molecule has 1 saturated heterocycles. The summed E-state index contributed by atoms with van der Waals surface area (Å²) in [7, 11) is 7.12. The fourth-order valence-corrected chi connectivity index (χ4v) is 3.96. The molecule has 0 saturated carbocycles. The number of benzene rings is 2. The highest BCUT2D eigenvalue weighted by molar-refractivity contribution is 5.79. The Balaban J connectivity index is 1.57. The quantitative estimate of drug-likeness (QED) is 0.481. The van der Waals surface area contributed by atoms with E-state index in [-0.39, 0.29) is 5.91 Å². The molecule has 0 aromatic heterocycles. The topological polar surface area (TPSA) is 66.4 Å². The lowest BCUT2D eigenvalue weighted by molar-refractivity contribution is -0.128. The SMILES string of the molecule is CN=C(NCc1ccccc1CN1CCCC1=O)N(C)CCc1ccc(OC)c(OC)c1. The maximum absolute atomic E-state index is 12.0. The first-order valence-electron chi connectivity index (χ1n) is 11.0. The molecule has 2 aromatic rings. The molecule has 7 heteroatoms. The molecule has 7 nitrogen and oxygen atoms in total. The zero-order chi connectivity index (χ0) is 22.9. The van der Waals surface area contributed by atoms with E-state index in [9.17, 15) is 4.79 Å². The highest BCUT2D eigenvalue weighted by Gasteiger charge is 2.21. The second kappa shape index (κ2) is 11.4. The lowest BCUT2D eigenvalue weighted by Gasteiger charge is -2.23. The number of guanidine groups is 1. The number of methoxy groups -OCH3 is 2. The molecule has 0 radical (unpaired) electrons. The fourth-order valence-electron chi connectivity index (χ4n) is 3.96. The third kappa shape index (κ3) is 5.93. The second-order valence-electron chi connectivity index (χ2n) is 7.95. The number of rotatable bonds is 9. The van der Waals surface area contributed by atoms with Crippen LogP contribution in [-0.4, -0.2) is 63.1 Å². The predicted octanol–water partition coefficient (Wildman–Crippen LogP) is 3.08. The summed E-state index contributed by atoms with van der Waals surface area (Å²) >= 11 is 0. The van der Waals surface area contributed by atoms with Crippen LogP contribution >= 0.6 is 0 Å². The molecule has 2 aromatic carbocycles. The Morgan fingerprint density at radius 1 is 1.12 bits per heavy atom. The van der Waals surface area contributed by atoms with Crippen molar-refractivity contribution in [1.82, 2.24) is 15.1 Å². The van der Waals surface area contributed by atoms with Gasteiger partial charge in [0.15, 0.2) is 17.5 Å². The molecular weight excluding hydrogens is 404 g/mol. The number of aliphatic imine (C=N–C) groups is 1. The summed E-state index contributed by atoms with van der Waals surface area (Å²) in [5.41, 5.74) is 3.53. The van der Waals surface area contributed by atoms with Crippen molar-refractivity contribution in [3.05, 3.63) is 59.2 Å². The predicted molar refractivity (Wildman–Crippen MR) is 127 cm³/mol. The van der Waals surface area contributed by atoms with Gasteiger partial charge < -0.3 is 24.6 Å². The number of ether oxygens (including phenoxy) is 2. The maximum Gasteiger partial charge on any atom is 0.222 e. The zero-order valence-electron chi connectivity index (χ0n) is 19.6. The van der Waals surface area contributed by atoms with Crippen molar-refractivity contribution < 1.29 is 14.3 Å². The van der Waals surface area contributed by atoms with Crippen molar-refractivity contribution in [2.75, 3.05) is 41.4 Å². The lowest BCUT2D eigenvalue weighted by Crippen LogP contribution is -2.39. The third-order valence-electron chi connectivity index (χ3n) is 5.85. The Labute approximate surface area is 191 Å². The molecular formula is C25H34N4O3. The molecule has 0 bridgehead atoms. The van der Waals surface area contributed by atoms with Crippen LogP contribution in [0.5, 0.6) is 11.5 Å². The van der Waals surface area contributed by atoms with Crippen LogP contribution in [0.15, 0.2) is 47.5 Å². The first-order chi connectivity index (χ1) is 15.5. The summed E-state index contributed by atoms with van der Waals surface area (Å²) in [5, 5.41) is 3.47. The fraction of sp³-hybridized carbons (Fsp3) is 0.440. The van der Waals surface area contributed by atoms with Gasteiger partial charge in [0.1, 0.15) is 0 Å². The average Bonchev–Trinajstić information content (AvgIpc) is 3.23. The van der Waals surface area contributed by atoms with Crippen molar-refractivity contribution in [3.8, 4) is 11.5 Å². The molecule has 0 atom stereocenters. The molecule has 0 unspecified atom stereocenters. The average molecular weight is 439 g/mol. The number of hydrogen-bond donors (Lipinski definition) is 1. The monoisotopic (exact) mass is 438 g/mol. The summed E-state index contributed by atoms with van der Waals surface area (Å²) in [4.78, 5) is 20.5. The van der Waals surface area contributed by atoms with Crippen molar-refractivity contribution in [2.45, 2.75) is 32.4 Å². The number of carbonyl (C=O) groups excluding carboxylic acids is 1. The number of carbonyl (C=O) groups is 1. The van der Waals surface area contributed by atoms with Crippen LogP contribution in [0.25, 0.3) is 0 Å². The Bertz CT molecular complexity index is 945. The van der Waals surface area contributed by atoms with Crippen LogP contribution in [0.1, 0.15) is 29.5 Å². The van der Waals surface area contributed by atoms with Crippen LogP contribution in [0.2, 0.25) is 0 Å². The van der Waals surface area contributed by atoms with E-state index in [0.717, 1.165) is 43.4 Å². The van der Waals surface area contributed by atoms with Gasteiger partial charge in [-0.05, 0) is 41.7 Å². The Morgan fingerprint density at radius 2 is 1.88 bits per heavy atom.